The lowest BCUT2D eigenvalue weighted by Crippen LogP contribution is -2.01. The Labute approximate surface area is 91.0 Å². The SMILES string of the molecule is O=c1nncccc1N=NC1=CC=CCO1. The van der Waals surface area contributed by atoms with Gasteiger partial charge in [-0.1, -0.05) is 6.08 Å². The fourth-order valence-electron chi connectivity index (χ4n) is 1.01. The molecule has 1 aliphatic heterocycles. The summed E-state index contributed by atoms with van der Waals surface area (Å²) in [4.78, 5) is 11.3. The zero-order valence-corrected chi connectivity index (χ0v) is 8.28. The van der Waals surface area contributed by atoms with Gasteiger partial charge >= 0.3 is 5.56 Å². The molecule has 1 aromatic rings. The Morgan fingerprint density at radius 2 is 2.31 bits per heavy atom. The molecule has 0 bridgehead atoms. The highest BCUT2D eigenvalue weighted by atomic mass is 16.5. The van der Waals surface area contributed by atoms with Crippen molar-refractivity contribution in [3.63, 3.8) is 0 Å². The van der Waals surface area contributed by atoms with E-state index in [1.54, 1.807) is 18.2 Å². The van der Waals surface area contributed by atoms with Gasteiger partial charge in [-0.05, 0) is 18.2 Å². The summed E-state index contributed by atoms with van der Waals surface area (Å²) in [5, 5.41) is 14.4. The first-order valence-electron chi connectivity index (χ1n) is 4.59. The topological polar surface area (TPSA) is 76.8 Å². The van der Waals surface area contributed by atoms with Gasteiger partial charge in [0.15, 0.2) is 5.69 Å². The molecule has 0 N–H and O–H groups in total. The van der Waals surface area contributed by atoms with E-state index in [4.69, 9.17) is 4.74 Å². The average molecular weight is 216 g/mol. The molecular weight excluding hydrogens is 208 g/mol. The van der Waals surface area contributed by atoms with Crippen LogP contribution < -0.4 is 5.56 Å². The van der Waals surface area contributed by atoms with Gasteiger partial charge in [0, 0.05) is 12.3 Å². The molecule has 0 unspecified atom stereocenters. The summed E-state index contributed by atoms with van der Waals surface area (Å²) < 4.78 is 5.14. The van der Waals surface area contributed by atoms with E-state index in [0.717, 1.165) is 0 Å². The molecule has 0 aromatic carbocycles. The number of rotatable bonds is 2. The largest absolute Gasteiger partial charge is 0.472 e. The number of ether oxygens (including phenoxy) is 1. The summed E-state index contributed by atoms with van der Waals surface area (Å²) >= 11 is 0. The summed E-state index contributed by atoms with van der Waals surface area (Å²) in [7, 11) is 0. The fraction of sp³-hybridized carbons (Fsp3) is 0.100. The Morgan fingerprint density at radius 3 is 3.12 bits per heavy atom. The molecule has 1 aliphatic rings. The van der Waals surface area contributed by atoms with Crippen LogP contribution in [0.4, 0.5) is 5.69 Å². The van der Waals surface area contributed by atoms with Crippen molar-refractivity contribution in [1.29, 1.82) is 0 Å². The number of hydrogen-bond acceptors (Lipinski definition) is 6. The molecule has 80 valence electrons. The molecule has 1 aromatic heterocycles. The maximum absolute atomic E-state index is 11.3. The van der Waals surface area contributed by atoms with Gasteiger partial charge in [-0.15, -0.1) is 15.3 Å². The predicted molar refractivity (Wildman–Crippen MR) is 56.0 cm³/mol. The second kappa shape index (κ2) is 4.92. The molecule has 16 heavy (non-hydrogen) atoms. The minimum Gasteiger partial charge on any atom is -0.472 e. The van der Waals surface area contributed by atoms with Crippen LogP contribution in [-0.4, -0.2) is 16.8 Å². The molecule has 0 saturated heterocycles. The van der Waals surface area contributed by atoms with E-state index in [0.29, 0.717) is 12.5 Å². The van der Waals surface area contributed by atoms with Crippen LogP contribution in [0.1, 0.15) is 0 Å². The Hall–Kier alpha value is -2.37. The molecule has 6 nitrogen and oxygen atoms in total. The second-order valence-electron chi connectivity index (χ2n) is 2.86. The van der Waals surface area contributed by atoms with E-state index >= 15 is 0 Å². The van der Waals surface area contributed by atoms with Crippen molar-refractivity contribution < 1.29 is 4.74 Å². The van der Waals surface area contributed by atoms with Gasteiger partial charge < -0.3 is 4.74 Å². The van der Waals surface area contributed by atoms with E-state index < -0.39 is 5.56 Å². The Kier molecular flexibility index (Phi) is 3.12. The number of azo groups is 1. The molecule has 0 atom stereocenters. The van der Waals surface area contributed by atoms with Crippen LogP contribution in [0, 0.1) is 0 Å². The number of hydrogen-bond donors (Lipinski definition) is 0. The maximum atomic E-state index is 11.3. The Morgan fingerprint density at radius 1 is 1.38 bits per heavy atom. The summed E-state index contributed by atoms with van der Waals surface area (Å²) in [6, 6.07) is 3.06. The highest BCUT2D eigenvalue weighted by molar-refractivity contribution is 5.30. The normalized spacial score (nSPS) is 14.6. The summed E-state index contributed by atoms with van der Waals surface area (Å²) in [6.45, 7) is 0.456. The van der Waals surface area contributed by atoms with Crippen LogP contribution >= 0.6 is 0 Å². The van der Waals surface area contributed by atoms with E-state index in [1.807, 2.05) is 6.08 Å². The first-order valence-corrected chi connectivity index (χ1v) is 4.59. The third-order valence-electron chi connectivity index (χ3n) is 1.73. The molecule has 0 aliphatic carbocycles. The first kappa shape index (κ1) is 10.2. The molecule has 6 heteroatoms. The van der Waals surface area contributed by atoms with Crippen molar-refractivity contribution >= 4 is 5.69 Å². The van der Waals surface area contributed by atoms with Gasteiger partial charge in [-0.25, -0.2) is 0 Å². The molecular formula is C10H8N4O2. The smallest absolute Gasteiger partial charge is 0.315 e. The lowest BCUT2D eigenvalue weighted by atomic mass is 10.4. The lowest BCUT2D eigenvalue weighted by Gasteiger charge is -2.03. The van der Waals surface area contributed by atoms with Gasteiger partial charge in [0.2, 0.25) is 5.88 Å². The zero-order chi connectivity index (χ0) is 11.2. The number of allylic oxidation sites excluding steroid dienone is 2. The van der Waals surface area contributed by atoms with Crippen molar-refractivity contribution in [2.75, 3.05) is 6.61 Å². The monoisotopic (exact) mass is 216 g/mol. The van der Waals surface area contributed by atoms with E-state index in [-0.39, 0.29) is 5.69 Å². The molecule has 2 rings (SSSR count). The van der Waals surface area contributed by atoms with Crippen LogP contribution in [0.2, 0.25) is 0 Å². The average Bonchev–Trinajstić information content (AvgIpc) is 2.53. The third-order valence-corrected chi connectivity index (χ3v) is 1.73. The van der Waals surface area contributed by atoms with Crippen LogP contribution in [0.25, 0.3) is 0 Å². The van der Waals surface area contributed by atoms with Gasteiger partial charge in [-0.3, -0.25) is 4.79 Å². The Balaban J connectivity index is 2.24. The molecule has 0 radical (unpaired) electrons. The highest BCUT2D eigenvalue weighted by Crippen LogP contribution is 2.09. The molecule has 0 fully saturated rings. The fourth-order valence-corrected chi connectivity index (χ4v) is 1.01. The molecule has 0 amide bonds. The van der Waals surface area contributed by atoms with Crippen molar-refractivity contribution in [1.82, 2.24) is 10.2 Å². The summed E-state index contributed by atoms with van der Waals surface area (Å²) in [5.74, 6) is 0.362. The molecule has 0 saturated carbocycles. The second-order valence-corrected chi connectivity index (χ2v) is 2.86. The van der Waals surface area contributed by atoms with E-state index in [2.05, 4.69) is 20.4 Å². The highest BCUT2D eigenvalue weighted by Gasteiger charge is 1.99. The van der Waals surface area contributed by atoms with Gasteiger partial charge in [0.25, 0.3) is 0 Å². The van der Waals surface area contributed by atoms with Crippen molar-refractivity contribution in [2.24, 2.45) is 10.2 Å². The number of aromatic nitrogens is 2. The van der Waals surface area contributed by atoms with Crippen LogP contribution in [0.3, 0.4) is 0 Å². The van der Waals surface area contributed by atoms with E-state index in [9.17, 15) is 4.79 Å². The van der Waals surface area contributed by atoms with Gasteiger partial charge in [-0.2, -0.15) is 5.10 Å². The van der Waals surface area contributed by atoms with Crippen molar-refractivity contribution in [3.05, 3.63) is 52.8 Å². The zero-order valence-electron chi connectivity index (χ0n) is 8.28. The minimum absolute atomic E-state index is 0.122. The standard InChI is InChI=1S/C10H8N4O2/c15-10-8(4-3-6-11-14-10)12-13-9-5-1-2-7-16-9/h1-6H,7H2. The van der Waals surface area contributed by atoms with Crippen molar-refractivity contribution in [3.8, 4) is 0 Å². The lowest BCUT2D eigenvalue weighted by molar-refractivity contribution is 0.238. The first-order chi connectivity index (χ1) is 7.86. The third kappa shape index (κ3) is 2.57. The van der Waals surface area contributed by atoms with Crippen LogP contribution in [0.5, 0.6) is 0 Å². The summed E-state index contributed by atoms with van der Waals surface area (Å²) in [6.07, 6.45) is 6.71. The Bertz CT molecular complexity index is 522. The van der Waals surface area contributed by atoms with Crippen LogP contribution in [0.15, 0.2) is 57.5 Å². The molecule has 2 heterocycles. The van der Waals surface area contributed by atoms with Gasteiger partial charge in [0.1, 0.15) is 6.61 Å². The quantitative estimate of drug-likeness (QED) is 0.699. The maximum Gasteiger partial charge on any atom is 0.315 e. The van der Waals surface area contributed by atoms with Crippen molar-refractivity contribution in [2.45, 2.75) is 0 Å². The minimum atomic E-state index is -0.527. The summed E-state index contributed by atoms with van der Waals surface area (Å²) in [5.41, 5.74) is -0.405. The van der Waals surface area contributed by atoms with Gasteiger partial charge in [0.05, 0.1) is 0 Å². The molecule has 0 spiro atoms. The van der Waals surface area contributed by atoms with E-state index in [1.165, 1.54) is 12.3 Å². The van der Waals surface area contributed by atoms with Crippen LogP contribution in [-0.2, 0) is 4.74 Å². The number of nitrogens with zero attached hydrogens (tertiary/aromatic N) is 4. The predicted octanol–water partition coefficient (Wildman–Crippen LogP) is 1.35.